The monoisotopic (exact) mass is 370 g/mol. The van der Waals surface area contributed by atoms with Gasteiger partial charge in [0.1, 0.15) is 11.9 Å². The molecule has 2 rings (SSSR count). The summed E-state index contributed by atoms with van der Waals surface area (Å²) in [5.74, 6) is -0.573. The molecule has 1 N–H and O–H groups in total. The van der Waals surface area contributed by atoms with E-state index in [0.717, 1.165) is 11.1 Å². The smallest absolute Gasteiger partial charge is 0.243 e. The van der Waals surface area contributed by atoms with Gasteiger partial charge in [0.2, 0.25) is 11.8 Å². The Morgan fingerprint density at radius 1 is 1.00 bits per heavy atom. The fourth-order valence-corrected chi connectivity index (χ4v) is 2.99. The summed E-state index contributed by atoms with van der Waals surface area (Å²) >= 11 is 0. The van der Waals surface area contributed by atoms with Gasteiger partial charge in [0, 0.05) is 25.9 Å². The highest BCUT2D eigenvalue weighted by molar-refractivity contribution is 5.88. The molecule has 0 aliphatic carbocycles. The van der Waals surface area contributed by atoms with Crippen molar-refractivity contribution < 1.29 is 14.0 Å². The summed E-state index contributed by atoms with van der Waals surface area (Å²) in [6.45, 7) is 4.56. The molecule has 4 nitrogen and oxygen atoms in total. The van der Waals surface area contributed by atoms with Crippen LogP contribution in [0.4, 0.5) is 4.39 Å². The van der Waals surface area contributed by atoms with Gasteiger partial charge in [-0.2, -0.15) is 0 Å². The summed E-state index contributed by atoms with van der Waals surface area (Å²) in [5.41, 5.74) is 1.78. The average Bonchev–Trinajstić information content (AvgIpc) is 2.67. The number of likely N-dealkylation sites (N-methyl/N-ethyl adjacent to an activating group) is 1. The number of nitrogens with zero attached hydrogens (tertiary/aromatic N) is 1. The molecule has 0 saturated heterocycles. The Morgan fingerprint density at radius 3 is 2.26 bits per heavy atom. The number of carbonyl (C=O) groups excluding carboxylic acids is 2. The summed E-state index contributed by atoms with van der Waals surface area (Å²) in [7, 11) is 0. The Morgan fingerprint density at radius 2 is 1.67 bits per heavy atom. The van der Waals surface area contributed by atoms with Crippen molar-refractivity contribution in [1.29, 1.82) is 0 Å². The lowest BCUT2D eigenvalue weighted by molar-refractivity contribution is -0.141. The number of halogens is 1. The minimum Gasteiger partial charge on any atom is -0.355 e. The van der Waals surface area contributed by atoms with Crippen LogP contribution in [0.2, 0.25) is 0 Å². The zero-order chi connectivity index (χ0) is 19.6. The Labute approximate surface area is 160 Å². The summed E-state index contributed by atoms with van der Waals surface area (Å²) in [5, 5.41) is 2.85. The van der Waals surface area contributed by atoms with E-state index in [2.05, 4.69) is 5.32 Å². The van der Waals surface area contributed by atoms with Gasteiger partial charge in [0.25, 0.3) is 0 Å². The lowest BCUT2D eigenvalue weighted by atomic mass is 10.0. The van der Waals surface area contributed by atoms with Crippen molar-refractivity contribution >= 4 is 11.8 Å². The molecule has 0 bridgehead atoms. The number of nitrogens with one attached hydrogen (secondary N) is 1. The van der Waals surface area contributed by atoms with E-state index in [0.29, 0.717) is 25.8 Å². The lowest BCUT2D eigenvalue weighted by Crippen LogP contribution is -2.50. The first-order chi connectivity index (χ1) is 13.0. The second kappa shape index (κ2) is 10.5. The summed E-state index contributed by atoms with van der Waals surface area (Å²) in [6, 6.07) is 15.1. The van der Waals surface area contributed by atoms with Crippen LogP contribution in [0.5, 0.6) is 0 Å². The molecule has 0 aromatic heterocycles. The van der Waals surface area contributed by atoms with Gasteiger partial charge in [-0.25, -0.2) is 4.39 Å². The van der Waals surface area contributed by atoms with Crippen LogP contribution < -0.4 is 5.32 Å². The molecule has 2 amide bonds. The average molecular weight is 370 g/mol. The highest BCUT2D eigenvalue weighted by Crippen LogP contribution is 2.16. The molecule has 27 heavy (non-hydrogen) atoms. The maximum atomic E-state index is 13.2. The predicted octanol–water partition coefficient (Wildman–Crippen LogP) is 3.70. The summed E-state index contributed by atoms with van der Waals surface area (Å²) in [4.78, 5) is 27.2. The highest BCUT2D eigenvalue weighted by Gasteiger charge is 2.29. The fourth-order valence-electron chi connectivity index (χ4n) is 2.99. The second-order valence-corrected chi connectivity index (χ2v) is 6.50. The Balaban J connectivity index is 2.33. The van der Waals surface area contributed by atoms with E-state index >= 15 is 0 Å². The molecule has 5 heteroatoms. The minimum absolute atomic E-state index is 0.0750. The predicted molar refractivity (Wildman–Crippen MR) is 104 cm³/mol. The van der Waals surface area contributed by atoms with Crippen molar-refractivity contribution in [1.82, 2.24) is 10.2 Å². The fraction of sp³-hybridized carbons (Fsp3) is 0.364. The van der Waals surface area contributed by atoms with Gasteiger partial charge < -0.3 is 10.2 Å². The molecular weight excluding hydrogens is 343 g/mol. The first kappa shape index (κ1) is 20.6. The van der Waals surface area contributed by atoms with E-state index in [1.54, 1.807) is 17.0 Å². The quantitative estimate of drug-likeness (QED) is 0.732. The third-order valence-corrected chi connectivity index (χ3v) is 4.35. The van der Waals surface area contributed by atoms with Crippen LogP contribution in [-0.4, -0.2) is 29.3 Å². The largest absolute Gasteiger partial charge is 0.355 e. The summed E-state index contributed by atoms with van der Waals surface area (Å²) < 4.78 is 13.2. The SMILES string of the molecule is CCCC(=O)N(Cc1ccc(F)cc1)[C@H](Cc1ccccc1)C(=O)NCC. The molecule has 0 unspecified atom stereocenters. The van der Waals surface area contributed by atoms with Gasteiger partial charge >= 0.3 is 0 Å². The van der Waals surface area contributed by atoms with Gasteiger partial charge in [-0.1, -0.05) is 49.4 Å². The van der Waals surface area contributed by atoms with E-state index < -0.39 is 6.04 Å². The van der Waals surface area contributed by atoms with Crippen LogP contribution in [0.1, 0.15) is 37.8 Å². The number of hydrogen-bond acceptors (Lipinski definition) is 2. The molecule has 0 spiro atoms. The molecule has 0 aliphatic rings. The van der Waals surface area contributed by atoms with Crippen molar-refractivity contribution in [2.75, 3.05) is 6.54 Å². The van der Waals surface area contributed by atoms with E-state index in [9.17, 15) is 14.0 Å². The number of benzene rings is 2. The first-order valence-electron chi connectivity index (χ1n) is 9.40. The number of rotatable bonds is 9. The van der Waals surface area contributed by atoms with Gasteiger partial charge in [-0.15, -0.1) is 0 Å². The van der Waals surface area contributed by atoms with E-state index in [-0.39, 0.29) is 24.2 Å². The maximum Gasteiger partial charge on any atom is 0.243 e. The van der Waals surface area contributed by atoms with Crippen molar-refractivity contribution in [3.63, 3.8) is 0 Å². The Hall–Kier alpha value is -2.69. The van der Waals surface area contributed by atoms with Crippen LogP contribution in [0.3, 0.4) is 0 Å². The van der Waals surface area contributed by atoms with Crippen LogP contribution in [0.15, 0.2) is 54.6 Å². The first-order valence-corrected chi connectivity index (χ1v) is 9.40. The second-order valence-electron chi connectivity index (χ2n) is 6.50. The van der Waals surface area contributed by atoms with Crippen molar-refractivity contribution in [2.24, 2.45) is 0 Å². The lowest BCUT2D eigenvalue weighted by Gasteiger charge is -2.31. The molecule has 1 atom stereocenters. The van der Waals surface area contributed by atoms with E-state index in [1.807, 2.05) is 44.2 Å². The zero-order valence-corrected chi connectivity index (χ0v) is 16.0. The number of carbonyl (C=O) groups is 2. The van der Waals surface area contributed by atoms with Crippen LogP contribution in [-0.2, 0) is 22.6 Å². The van der Waals surface area contributed by atoms with Crippen molar-refractivity contribution in [3.8, 4) is 0 Å². The van der Waals surface area contributed by atoms with Crippen molar-refractivity contribution in [2.45, 2.75) is 45.7 Å². The molecule has 144 valence electrons. The standard InChI is InChI=1S/C22H27FN2O2/c1-3-8-21(26)25(16-18-11-13-19(23)14-12-18)20(22(27)24-4-2)15-17-9-6-5-7-10-17/h5-7,9-14,20H,3-4,8,15-16H2,1-2H3,(H,24,27)/t20-/m1/s1. The van der Waals surface area contributed by atoms with Gasteiger partial charge in [-0.3, -0.25) is 9.59 Å². The van der Waals surface area contributed by atoms with Crippen LogP contribution in [0.25, 0.3) is 0 Å². The highest BCUT2D eigenvalue weighted by atomic mass is 19.1. The third-order valence-electron chi connectivity index (χ3n) is 4.35. The van der Waals surface area contributed by atoms with E-state index in [1.165, 1.54) is 12.1 Å². The van der Waals surface area contributed by atoms with Crippen molar-refractivity contribution in [3.05, 3.63) is 71.5 Å². The molecule has 2 aromatic rings. The van der Waals surface area contributed by atoms with Gasteiger partial charge in [0.15, 0.2) is 0 Å². The minimum atomic E-state index is -0.614. The Bertz CT molecular complexity index is 732. The molecule has 0 aliphatic heterocycles. The molecule has 2 aromatic carbocycles. The van der Waals surface area contributed by atoms with Crippen LogP contribution in [0, 0.1) is 5.82 Å². The van der Waals surface area contributed by atoms with Crippen LogP contribution >= 0.6 is 0 Å². The molecular formula is C22H27FN2O2. The number of amides is 2. The normalized spacial score (nSPS) is 11.7. The molecule has 0 radical (unpaired) electrons. The zero-order valence-electron chi connectivity index (χ0n) is 16.0. The maximum absolute atomic E-state index is 13.2. The third kappa shape index (κ3) is 6.20. The number of hydrogen-bond donors (Lipinski definition) is 1. The Kier molecular flexibility index (Phi) is 7.99. The summed E-state index contributed by atoms with van der Waals surface area (Å²) in [6.07, 6.45) is 1.50. The topological polar surface area (TPSA) is 49.4 Å². The van der Waals surface area contributed by atoms with E-state index in [4.69, 9.17) is 0 Å². The van der Waals surface area contributed by atoms with Gasteiger partial charge in [0.05, 0.1) is 0 Å². The molecule has 0 fully saturated rings. The molecule has 0 saturated carbocycles. The van der Waals surface area contributed by atoms with Gasteiger partial charge in [-0.05, 0) is 36.6 Å². The molecule has 0 heterocycles.